The molecule has 3 rings (SSSR count). The molecule has 0 bridgehead atoms. The molecule has 1 saturated heterocycles. The largest absolute Gasteiger partial charge is 0.370 e. The smallest absolute Gasteiger partial charge is 0.244 e. The molecule has 1 aliphatic carbocycles. The van der Waals surface area contributed by atoms with Crippen LogP contribution < -0.4 is 11.1 Å². The third-order valence-corrected chi connectivity index (χ3v) is 5.52. The molecular formula is C20H31IN4O. The molecule has 1 aliphatic heterocycles. The van der Waals surface area contributed by atoms with Gasteiger partial charge in [0.2, 0.25) is 5.91 Å². The number of hydrogen-bond donors (Lipinski definition) is 2. The van der Waals surface area contributed by atoms with Crippen LogP contribution in [0.1, 0.15) is 37.7 Å². The van der Waals surface area contributed by atoms with Crippen molar-refractivity contribution in [3.63, 3.8) is 0 Å². The molecule has 6 heteroatoms. The predicted molar refractivity (Wildman–Crippen MR) is 117 cm³/mol. The molecule has 0 spiro atoms. The number of guanidine groups is 1. The van der Waals surface area contributed by atoms with Crippen molar-refractivity contribution < 1.29 is 4.79 Å². The summed E-state index contributed by atoms with van der Waals surface area (Å²) in [6.45, 7) is 2.71. The number of likely N-dealkylation sites (tertiary alicyclic amines) is 1. The zero-order valence-corrected chi connectivity index (χ0v) is 17.7. The van der Waals surface area contributed by atoms with Gasteiger partial charge in [0.25, 0.3) is 0 Å². The van der Waals surface area contributed by atoms with E-state index in [-0.39, 0.29) is 36.4 Å². The molecule has 0 aromatic heterocycles. The Morgan fingerprint density at radius 2 is 1.81 bits per heavy atom. The summed E-state index contributed by atoms with van der Waals surface area (Å²) in [5.74, 6) is 1.89. The number of hydrogen-bond acceptors (Lipinski definition) is 2. The minimum atomic E-state index is 0. The lowest BCUT2D eigenvalue weighted by atomic mass is 9.85. The van der Waals surface area contributed by atoms with Crippen LogP contribution in [0.2, 0.25) is 0 Å². The van der Waals surface area contributed by atoms with Gasteiger partial charge in [-0.3, -0.25) is 4.79 Å². The van der Waals surface area contributed by atoms with Crippen molar-refractivity contribution in [3.05, 3.63) is 35.9 Å². The van der Waals surface area contributed by atoms with E-state index in [4.69, 9.17) is 5.73 Å². The molecule has 1 aromatic carbocycles. The van der Waals surface area contributed by atoms with E-state index in [1.165, 1.54) is 24.8 Å². The summed E-state index contributed by atoms with van der Waals surface area (Å²) in [5, 5.41) is 3.13. The van der Waals surface area contributed by atoms with Gasteiger partial charge in [-0.1, -0.05) is 36.8 Å². The van der Waals surface area contributed by atoms with Crippen molar-refractivity contribution in [1.29, 1.82) is 0 Å². The summed E-state index contributed by atoms with van der Waals surface area (Å²) in [5.41, 5.74) is 7.25. The molecule has 0 unspecified atom stereocenters. The first-order valence-electron chi connectivity index (χ1n) is 9.56. The Hall–Kier alpha value is -1.31. The van der Waals surface area contributed by atoms with Crippen molar-refractivity contribution in [2.45, 2.75) is 38.5 Å². The Morgan fingerprint density at radius 3 is 2.42 bits per heavy atom. The van der Waals surface area contributed by atoms with Gasteiger partial charge < -0.3 is 16.0 Å². The van der Waals surface area contributed by atoms with Crippen LogP contribution in [0, 0.1) is 11.8 Å². The van der Waals surface area contributed by atoms with Gasteiger partial charge in [0.1, 0.15) is 6.54 Å². The van der Waals surface area contributed by atoms with Crippen molar-refractivity contribution in [2.24, 2.45) is 22.6 Å². The van der Waals surface area contributed by atoms with Crippen LogP contribution in [-0.2, 0) is 11.2 Å². The summed E-state index contributed by atoms with van der Waals surface area (Å²) in [7, 11) is 0. The number of rotatable bonds is 6. The molecule has 0 atom stereocenters. The van der Waals surface area contributed by atoms with Gasteiger partial charge in [-0.15, -0.1) is 24.0 Å². The summed E-state index contributed by atoms with van der Waals surface area (Å²) >= 11 is 0. The Labute approximate surface area is 173 Å². The highest BCUT2D eigenvalue weighted by Gasteiger charge is 2.22. The standard InChI is InChI=1S/C20H30N4O.HI/c21-20(22-14-18-7-4-8-18)23-15-19(25)24-11-9-17(10-12-24)13-16-5-2-1-3-6-16;/h1-3,5-6,17-18H,4,7-15H2,(H3,21,22,23);1H. The number of carbonyl (C=O) groups excluding carboxylic acids is 1. The lowest BCUT2D eigenvalue weighted by Crippen LogP contribution is -2.41. The van der Waals surface area contributed by atoms with Crippen molar-refractivity contribution in [3.8, 4) is 0 Å². The number of nitrogens with zero attached hydrogens (tertiary/aromatic N) is 2. The van der Waals surface area contributed by atoms with Gasteiger partial charge >= 0.3 is 0 Å². The maximum atomic E-state index is 12.3. The first kappa shape index (κ1) is 21.0. The number of nitrogens with two attached hydrogens (primary N) is 1. The Bertz CT molecular complexity index is 581. The number of carbonyl (C=O) groups is 1. The third kappa shape index (κ3) is 6.45. The maximum Gasteiger partial charge on any atom is 0.244 e. The lowest BCUT2D eigenvalue weighted by molar-refractivity contribution is -0.130. The third-order valence-electron chi connectivity index (χ3n) is 5.52. The van der Waals surface area contributed by atoms with Crippen molar-refractivity contribution in [1.82, 2.24) is 10.2 Å². The average molecular weight is 470 g/mol. The van der Waals surface area contributed by atoms with Crippen LogP contribution in [0.15, 0.2) is 35.3 Å². The van der Waals surface area contributed by atoms with Crippen molar-refractivity contribution in [2.75, 3.05) is 26.2 Å². The van der Waals surface area contributed by atoms with E-state index in [0.29, 0.717) is 11.9 Å². The molecule has 2 fully saturated rings. The monoisotopic (exact) mass is 470 g/mol. The fraction of sp³-hybridized carbons (Fsp3) is 0.600. The van der Waals surface area contributed by atoms with Gasteiger partial charge in [-0.2, -0.15) is 0 Å². The first-order chi connectivity index (χ1) is 12.2. The number of aliphatic imine (C=N–C) groups is 1. The molecule has 5 nitrogen and oxygen atoms in total. The quantitative estimate of drug-likeness (QED) is 0.382. The second-order valence-electron chi connectivity index (χ2n) is 7.39. The molecule has 26 heavy (non-hydrogen) atoms. The highest BCUT2D eigenvalue weighted by Crippen LogP contribution is 2.25. The summed E-state index contributed by atoms with van der Waals surface area (Å²) < 4.78 is 0. The zero-order valence-electron chi connectivity index (χ0n) is 15.4. The molecule has 2 aliphatic rings. The number of nitrogens with one attached hydrogen (secondary N) is 1. The lowest BCUT2D eigenvalue weighted by Gasteiger charge is -2.32. The molecule has 1 heterocycles. The van der Waals surface area contributed by atoms with Gasteiger partial charge in [-0.25, -0.2) is 4.99 Å². The topological polar surface area (TPSA) is 70.7 Å². The minimum Gasteiger partial charge on any atom is -0.370 e. The Balaban J connectivity index is 0.00000243. The number of halogens is 1. The van der Waals surface area contributed by atoms with E-state index < -0.39 is 0 Å². The molecule has 0 radical (unpaired) electrons. The normalized spacial score (nSPS) is 18.8. The van der Waals surface area contributed by atoms with Gasteiger partial charge in [0.05, 0.1) is 0 Å². The van der Waals surface area contributed by atoms with Gasteiger partial charge in [0, 0.05) is 19.6 Å². The summed E-state index contributed by atoms with van der Waals surface area (Å²) in [6.07, 6.45) is 7.12. The van der Waals surface area contributed by atoms with Gasteiger partial charge in [-0.05, 0) is 49.5 Å². The van der Waals surface area contributed by atoms with Crippen LogP contribution in [0.4, 0.5) is 0 Å². The SMILES string of the molecule is I.NC(=NCC(=O)N1CCC(Cc2ccccc2)CC1)NCC1CCC1. The number of piperidine rings is 1. The molecule has 1 saturated carbocycles. The van der Waals surface area contributed by atoms with Crippen LogP contribution in [0.25, 0.3) is 0 Å². The fourth-order valence-electron chi connectivity index (χ4n) is 3.59. The Kier molecular flexibility index (Phi) is 8.68. The van der Waals surface area contributed by atoms with E-state index in [1.807, 2.05) is 4.90 Å². The van der Waals surface area contributed by atoms with Crippen LogP contribution in [-0.4, -0.2) is 42.9 Å². The highest BCUT2D eigenvalue weighted by molar-refractivity contribution is 14.0. The molecule has 1 aromatic rings. The number of benzene rings is 1. The minimum absolute atomic E-state index is 0. The van der Waals surface area contributed by atoms with Crippen LogP contribution >= 0.6 is 24.0 Å². The second kappa shape index (κ2) is 10.7. The van der Waals surface area contributed by atoms with Gasteiger partial charge in [0.15, 0.2) is 5.96 Å². The molecule has 144 valence electrons. The van der Waals surface area contributed by atoms with Crippen LogP contribution in [0.3, 0.4) is 0 Å². The van der Waals surface area contributed by atoms with E-state index in [1.54, 1.807) is 0 Å². The fourth-order valence-corrected chi connectivity index (χ4v) is 3.59. The molecular weight excluding hydrogens is 439 g/mol. The summed E-state index contributed by atoms with van der Waals surface area (Å²) in [6, 6.07) is 10.6. The second-order valence-corrected chi connectivity index (χ2v) is 7.39. The van der Waals surface area contributed by atoms with E-state index in [0.717, 1.165) is 44.8 Å². The van der Waals surface area contributed by atoms with E-state index >= 15 is 0 Å². The maximum absolute atomic E-state index is 12.3. The average Bonchev–Trinajstić information content (AvgIpc) is 2.60. The molecule has 1 amide bonds. The number of amides is 1. The van der Waals surface area contributed by atoms with Crippen molar-refractivity contribution >= 4 is 35.8 Å². The zero-order chi connectivity index (χ0) is 17.5. The van der Waals surface area contributed by atoms with E-state index in [2.05, 4.69) is 40.6 Å². The molecule has 3 N–H and O–H groups in total. The predicted octanol–water partition coefficient (Wildman–Crippen LogP) is 2.79. The van der Waals surface area contributed by atoms with Crippen LogP contribution in [0.5, 0.6) is 0 Å². The van der Waals surface area contributed by atoms with E-state index in [9.17, 15) is 4.79 Å². The highest BCUT2D eigenvalue weighted by atomic mass is 127. The summed E-state index contributed by atoms with van der Waals surface area (Å²) in [4.78, 5) is 18.5. The first-order valence-corrected chi connectivity index (χ1v) is 9.56. The Morgan fingerprint density at radius 1 is 1.12 bits per heavy atom.